The van der Waals surface area contributed by atoms with E-state index in [4.69, 9.17) is 4.99 Å². The van der Waals surface area contributed by atoms with Crippen molar-refractivity contribution < 1.29 is 0 Å². The zero-order valence-corrected chi connectivity index (χ0v) is 13.0. The third-order valence-corrected chi connectivity index (χ3v) is 5.20. The number of nitrogens with one attached hydrogen (secondary N) is 1. The molecule has 2 nitrogen and oxygen atoms in total. The van der Waals surface area contributed by atoms with Crippen LogP contribution >= 0.6 is 11.8 Å². The summed E-state index contributed by atoms with van der Waals surface area (Å²) in [6.07, 6.45) is 3.45. The number of nitrogens with zero attached hydrogens (tertiary/aromatic N) is 1. The van der Waals surface area contributed by atoms with E-state index in [1.807, 2.05) is 11.8 Å². The van der Waals surface area contributed by atoms with Gasteiger partial charge < -0.3 is 5.32 Å². The van der Waals surface area contributed by atoms with Crippen LogP contribution in [-0.4, -0.2) is 16.5 Å². The number of benzene rings is 1. The molecule has 1 N–H and O–H groups in total. The molecule has 0 saturated heterocycles. The zero-order valence-electron chi connectivity index (χ0n) is 12.1. The van der Waals surface area contributed by atoms with Gasteiger partial charge in [-0.25, -0.2) is 0 Å². The van der Waals surface area contributed by atoms with Crippen molar-refractivity contribution in [3.8, 4) is 0 Å². The smallest absolute Gasteiger partial charge is 0.157 e. The van der Waals surface area contributed by atoms with Crippen LogP contribution in [0.15, 0.2) is 35.3 Å². The second kappa shape index (κ2) is 6.47. The van der Waals surface area contributed by atoms with Crippen LogP contribution < -0.4 is 5.32 Å². The van der Waals surface area contributed by atoms with Gasteiger partial charge in [0, 0.05) is 11.3 Å². The summed E-state index contributed by atoms with van der Waals surface area (Å²) >= 11 is 1.86. The standard InChI is InChI=1S/C16H24N2S/c1-4-16(5-2,6-3)18-15-17-14(12-19-15)13-10-8-7-9-11-13/h7-11,14H,4-6,12H2,1-3H3,(H,17,18). The van der Waals surface area contributed by atoms with Crippen molar-refractivity contribution in [1.29, 1.82) is 0 Å². The van der Waals surface area contributed by atoms with Crippen molar-refractivity contribution >= 4 is 16.9 Å². The number of hydrogen-bond donors (Lipinski definition) is 1. The maximum absolute atomic E-state index is 4.86. The van der Waals surface area contributed by atoms with E-state index in [0.717, 1.165) is 30.2 Å². The van der Waals surface area contributed by atoms with E-state index in [0.29, 0.717) is 6.04 Å². The fourth-order valence-corrected chi connectivity index (χ4v) is 3.60. The van der Waals surface area contributed by atoms with E-state index in [1.54, 1.807) is 0 Å². The van der Waals surface area contributed by atoms with Crippen LogP contribution in [0.25, 0.3) is 0 Å². The first-order chi connectivity index (χ1) is 9.23. The van der Waals surface area contributed by atoms with Gasteiger partial charge in [0.15, 0.2) is 5.17 Å². The summed E-state index contributed by atoms with van der Waals surface area (Å²) in [6.45, 7) is 6.78. The van der Waals surface area contributed by atoms with Crippen LogP contribution in [0.3, 0.4) is 0 Å². The van der Waals surface area contributed by atoms with Gasteiger partial charge in [0.2, 0.25) is 0 Å². The van der Waals surface area contributed by atoms with Crippen LogP contribution in [0.5, 0.6) is 0 Å². The Morgan fingerprint density at radius 2 is 1.79 bits per heavy atom. The molecule has 0 fully saturated rings. The lowest BCUT2D eigenvalue weighted by molar-refractivity contribution is 0.341. The second-order valence-electron chi connectivity index (χ2n) is 5.14. The molecule has 19 heavy (non-hydrogen) atoms. The number of hydrogen-bond acceptors (Lipinski definition) is 3. The monoisotopic (exact) mass is 276 g/mol. The fraction of sp³-hybridized carbons (Fsp3) is 0.562. The van der Waals surface area contributed by atoms with Gasteiger partial charge in [0.25, 0.3) is 0 Å². The summed E-state index contributed by atoms with van der Waals surface area (Å²) in [6, 6.07) is 10.9. The molecular weight excluding hydrogens is 252 g/mol. The third kappa shape index (κ3) is 3.33. The van der Waals surface area contributed by atoms with Crippen molar-refractivity contribution in [2.45, 2.75) is 51.6 Å². The molecule has 0 amide bonds. The van der Waals surface area contributed by atoms with Gasteiger partial charge in [0.1, 0.15) is 0 Å². The van der Waals surface area contributed by atoms with Gasteiger partial charge in [-0.15, -0.1) is 0 Å². The minimum absolute atomic E-state index is 0.220. The molecule has 1 aromatic carbocycles. The normalized spacial score (nSPS) is 19.3. The van der Waals surface area contributed by atoms with Crippen molar-refractivity contribution in [2.24, 2.45) is 4.99 Å². The summed E-state index contributed by atoms with van der Waals surface area (Å²) in [5, 5.41) is 4.82. The SMILES string of the molecule is CCC(CC)(CC)NC1=NC(c2ccccc2)CS1. The molecule has 1 aliphatic rings. The highest BCUT2D eigenvalue weighted by molar-refractivity contribution is 8.14. The molecule has 1 atom stereocenters. The lowest BCUT2D eigenvalue weighted by Gasteiger charge is -2.32. The maximum atomic E-state index is 4.86. The largest absolute Gasteiger partial charge is 0.360 e. The van der Waals surface area contributed by atoms with Crippen molar-refractivity contribution in [3.05, 3.63) is 35.9 Å². The molecule has 3 heteroatoms. The summed E-state index contributed by atoms with van der Waals surface area (Å²) < 4.78 is 0. The predicted octanol–water partition coefficient (Wildman–Crippen LogP) is 4.39. The van der Waals surface area contributed by atoms with Gasteiger partial charge in [0.05, 0.1) is 6.04 Å². The molecule has 0 saturated carbocycles. The number of rotatable bonds is 5. The Balaban J connectivity index is 2.07. The van der Waals surface area contributed by atoms with Crippen LogP contribution in [0.4, 0.5) is 0 Å². The minimum atomic E-state index is 0.220. The Labute approximate surface area is 121 Å². The first kappa shape index (κ1) is 14.4. The minimum Gasteiger partial charge on any atom is -0.360 e. The van der Waals surface area contributed by atoms with E-state index in [2.05, 4.69) is 56.4 Å². The van der Waals surface area contributed by atoms with Gasteiger partial charge in [-0.1, -0.05) is 62.9 Å². The molecule has 1 aliphatic heterocycles. The van der Waals surface area contributed by atoms with Crippen LogP contribution in [0.1, 0.15) is 51.6 Å². The number of thioether (sulfide) groups is 1. The van der Waals surface area contributed by atoms with Crippen molar-refractivity contribution in [1.82, 2.24) is 5.32 Å². The van der Waals surface area contributed by atoms with E-state index < -0.39 is 0 Å². The van der Waals surface area contributed by atoms with Crippen LogP contribution in [0, 0.1) is 0 Å². The van der Waals surface area contributed by atoms with Gasteiger partial charge in [-0.2, -0.15) is 0 Å². The molecule has 1 aromatic rings. The third-order valence-electron chi connectivity index (χ3n) is 4.24. The highest BCUT2D eigenvalue weighted by atomic mass is 32.2. The quantitative estimate of drug-likeness (QED) is 0.862. The Morgan fingerprint density at radius 1 is 1.16 bits per heavy atom. The summed E-state index contributed by atoms with van der Waals surface area (Å²) in [7, 11) is 0. The fourth-order valence-electron chi connectivity index (χ4n) is 2.53. The van der Waals surface area contributed by atoms with Gasteiger partial charge >= 0.3 is 0 Å². The molecule has 0 aromatic heterocycles. The summed E-state index contributed by atoms with van der Waals surface area (Å²) in [5.74, 6) is 1.06. The van der Waals surface area contributed by atoms with Gasteiger partial charge in [-0.3, -0.25) is 4.99 Å². The lowest BCUT2D eigenvalue weighted by Crippen LogP contribution is -2.45. The molecule has 104 valence electrons. The predicted molar refractivity (Wildman–Crippen MR) is 85.8 cm³/mol. The molecule has 1 unspecified atom stereocenters. The topological polar surface area (TPSA) is 24.4 Å². The Hall–Kier alpha value is -0.960. The highest BCUT2D eigenvalue weighted by Crippen LogP contribution is 2.31. The molecule has 0 aliphatic carbocycles. The van der Waals surface area contributed by atoms with Crippen LogP contribution in [0.2, 0.25) is 0 Å². The average Bonchev–Trinajstić information content (AvgIpc) is 2.94. The zero-order chi connectivity index (χ0) is 13.7. The summed E-state index contributed by atoms with van der Waals surface area (Å²) in [5.41, 5.74) is 1.54. The number of amidine groups is 1. The van der Waals surface area contributed by atoms with Crippen LogP contribution in [-0.2, 0) is 0 Å². The van der Waals surface area contributed by atoms with E-state index in [-0.39, 0.29) is 5.54 Å². The van der Waals surface area contributed by atoms with Gasteiger partial charge in [-0.05, 0) is 24.8 Å². The highest BCUT2D eigenvalue weighted by Gasteiger charge is 2.28. The second-order valence-corrected chi connectivity index (χ2v) is 6.15. The maximum Gasteiger partial charge on any atom is 0.157 e. The molecule has 0 bridgehead atoms. The lowest BCUT2D eigenvalue weighted by atomic mass is 9.90. The average molecular weight is 276 g/mol. The summed E-state index contributed by atoms with van der Waals surface area (Å²) in [4.78, 5) is 4.86. The molecule has 1 heterocycles. The Kier molecular flexibility index (Phi) is 4.92. The van der Waals surface area contributed by atoms with Crippen molar-refractivity contribution in [2.75, 3.05) is 5.75 Å². The number of aliphatic imine (C=N–C) groups is 1. The van der Waals surface area contributed by atoms with Crippen molar-refractivity contribution in [3.63, 3.8) is 0 Å². The first-order valence-corrected chi connectivity index (χ1v) is 8.25. The van der Waals surface area contributed by atoms with E-state index >= 15 is 0 Å². The molecule has 0 spiro atoms. The Morgan fingerprint density at radius 3 is 2.37 bits per heavy atom. The molecule has 2 rings (SSSR count). The molecular formula is C16H24N2S. The van der Waals surface area contributed by atoms with E-state index in [9.17, 15) is 0 Å². The first-order valence-electron chi connectivity index (χ1n) is 7.26. The van der Waals surface area contributed by atoms with E-state index in [1.165, 1.54) is 5.56 Å². The Bertz CT molecular complexity index is 415. The molecule has 0 radical (unpaired) electrons.